The predicted molar refractivity (Wildman–Crippen MR) is 71.9 cm³/mol. The third-order valence-electron chi connectivity index (χ3n) is 3.35. The van der Waals surface area contributed by atoms with E-state index < -0.39 is 0 Å². The summed E-state index contributed by atoms with van der Waals surface area (Å²) in [6.07, 6.45) is 0. The maximum absolute atomic E-state index is 11.7. The van der Waals surface area contributed by atoms with Gasteiger partial charge in [0.1, 0.15) is 0 Å². The second kappa shape index (κ2) is 3.88. The molecule has 0 aliphatic heterocycles. The maximum atomic E-state index is 11.7. The van der Waals surface area contributed by atoms with E-state index in [0.717, 1.165) is 22.0 Å². The summed E-state index contributed by atoms with van der Waals surface area (Å²) < 4.78 is 4.79. The number of H-pyrrole nitrogens is 1. The van der Waals surface area contributed by atoms with Crippen molar-refractivity contribution in [2.75, 3.05) is 7.11 Å². The summed E-state index contributed by atoms with van der Waals surface area (Å²) in [5.74, 6) is -0.298. The highest BCUT2D eigenvalue weighted by atomic mass is 16.5. The molecular formula is C15H13NO2. The summed E-state index contributed by atoms with van der Waals surface area (Å²) in [6.45, 7) is 1.93. The number of aromatic amines is 1. The molecule has 0 fully saturated rings. The van der Waals surface area contributed by atoms with Gasteiger partial charge in [0.2, 0.25) is 0 Å². The van der Waals surface area contributed by atoms with Gasteiger partial charge in [0.25, 0.3) is 0 Å². The van der Waals surface area contributed by atoms with Gasteiger partial charge in [0, 0.05) is 16.3 Å². The molecule has 0 saturated carbocycles. The third-order valence-corrected chi connectivity index (χ3v) is 3.35. The molecule has 3 nitrogen and oxygen atoms in total. The van der Waals surface area contributed by atoms with E-state index in [9.17, 15) is 4.79 Å². The molecule has 3 rings (SSSR count). The first-order valence-corrected chi connectivity index (χ1v) is 5.80. The van der Waals surface area contributed by atoms with Crippen LogP contribution < -0.4 is 0 Å². The Morgan fingerprint density at radius 2 is 1.89 bits per heavy atom. The zero-order valence-electron chi connectivity index (χ0n) is 10.3. The molecule has 0 spiro atoms. The minimum absolute atomic E-state index is 0.298. The van der Waals surface area contributed by atoms with Crippen LogP contribution in [0.25, 0.3) is 21.8 Å². The number of aryl methyl sites for hydroxylation is 1. The molecule has 0 bridgehead atoms. The van der Waals surface area contributed by atoms with Crippen molar-refractivity contribution in [3.05, 3.63) is 47.5 Å². The average Bonchev–Trinajstić information content (AvgIpc) is 2.78. The van der Waals surface area contributed by atoms with E-state index in [0.29, 0.717) is 5.56 Å². The first-order valence-electron chi connectivity index (χ1n) is 5.80. The molecule has 0 aliphatic rings. The fourth-order valence-electron chi connectivity index (χ4n) is 2.39. The molecule has 0 saturated heterocycles. The molecule has 0 radical (unpaired) electrons. The Bertz CT molecular complexity index is 756. The van der Waals surface area contributed by atoms with Crippen molar-refractivity contribution in [1.29, 1.82) is 0 Å². The van der Waals surface area contributed by atoms with Crippen molar-refractivity contribution >= 4 is 27.8 Å². The van der Waals surface area contributed by atoms with Gasteiger partial charge < -0.3 is 9.72 Å². The smallest absolute Gasteiger partial charge is 0.338 e. The van der Waals surface area contributed by atoms with Crippen LogP contribution >= 0.6 is 0 Å². The second-order valence-electron chi connectivity index (χ2n) is 4.32. The SMILES string of the molecule is COC(=O)c1ccc2c([nH]c3ccccc32)c1C. The number of para-hydroxylation sites is 1. The Kier molecular flexibility index (Phi) is 2.33. The van der Waals surface area contributed by atoms with Gasteiger partial charge in [-0.25, -0.2) is 4.79 Å². The number of rotatable bonds is 1. The highest BCUT2D eigenvalue weighted by Crippen LogP contribution is 2.29. The zero-order chi connectivity index (χ0) is 12.7. The van der Waals surface area contributed by atoms with Crippen molar-refractivity contribution in [2.24, 2.45) is 0 Å². The van der Waals surface area contributed by atoms with Crippen LogP contribution in [-0.2, 0) is 4.74 Å². The van der Waals surface area contributed by atoms with Crippen LogP contribution in [0.2, 0.25) is 0 Å². The Morgan fingerprint density at radius 1 is 1.11 bits per heavy atom. The van der Waals surface area contributed by atoms with Gasteiger partial charge in [-0.1, -0.05) is 24.3 Å². The van der Waals surface area contributed by atoms with Gasteiger partial charge in [-0.05, 0) is 24.6 Å². The monoisotopic (exact) mass is 239 g/mol. The average molecular weight is 239 g/mol. The number of hydrogen-bond donors (Lipinski definition) is 1. The van der Waals surface area contributed by atoms with E-state index in [1.54, 1.807) is 0 Å². The van der Waals surface area contributed by atoms with E-state index in [2.05, 4.69) is 11.1 Å². The summed E-state index contributed by atoms with van der Waals surface area (Å²) in [5, 5.41) is 2.31. The molecule has 0 aliphatic carbocycles. The lowest BCUT2D eigenvalue weighted by molar-refractivity contribution is 0.0600. The predicted octanol–water partition coefficient (Wildman–Crippen LogP) is 3.42. The Labute approximate surface area is 104 Å². The standard InChI is InChI=1S/C15H13NO2/c1-9-10(15(17)18-2)7-8-12-11-5-3-4-6-13(11)16-14(9)12/h3-8,16H,1-2H3. The maximum Gasteiger partial charge on any atom is 0.338 e. The summed E-state index contributed by atoms with van der Waals surface area (Å²) >= 11 is 0. The minimum Gasteiger partial charge on any atom is -0.465 e. The molecular weight excluding hydrogens is 226 g/mol. The summed E-state index contributed by atoms with van der Waals surface area (Å²) in [5.41, 5.74) is 3.61. The highest BCUT2D eigenvalue weighted by Gasteiger charge is 2.14. The molecule has 3 aromatic rings. The van der Waals surface area contributed by atoms with Gasteiger partial charge >= 0.3 is 5.97 Å². The van der Waals surface area contributed by atoms with Gasteiger partial charge in [-0.3, -0.25) is 0 Å². The van der Waals surface area contributed by atoms with E-state index in [1.807, 2.05) is 37.3 Å². The number of esters is 1. The van der Waals surface area contributed by atoms with Crippen LogP contribution in [-0.4, -0.2) is 18.1 Å². The largest absolute Gasteiger partial charge is 0.465 e. The number of carbonyl (C=O) groups is 1. The molecule has 18 heavy (non-hydrogen) atoms. The van der Waals surface area contributed by atoms with Crippen LogP contribution in [0.1, 0.15) is 15.9 Å². The highest BCUT2D eigenvalue weighted by molar-refractivity contribution is 6.10. The molecule has 1 N–H and O–H groups in total. The summed E-state index contributed by atoms with van der Waals surface area (Å²) in [6, 6.07) is 11.9. The molecule has 0 amide bonds. The van der Waals surface area contributed by atoms with E-state index >= 15 is 0 Å². The Morgan fingerprint density at radius 3 is 2.67 bits per heavy atom. The number of methoxy groups -OCH3 is 1. The number of aromatic nitrogens is 1. The Hall–Kier alpha value is -2.29. The molecule has 2 aromatic carbocycles. The quantitative estimate of drug-likeness (QED) is 0.661. The van der Waals surface area contributed by atoms with Gasteiger partial charge in [-0.2, -0.15) is 0 Å². The number of hydrogen-bond acceptors (Lipinski definition) is 2. The fourth-order valence-corrected chi connectivity index (χ4v) is 2.39. The number of nitrogens with one attached hydrogen (secondary N) is 1. The lowest BCUT2D eigenvalue weighted by Crippen LogP contribution is -2.03. The van der Waals surface area contributed by atoms with Crippen LogP contribution in [0.3, 0.4) is 0 Å². The van der Waals surface area contributed by atoms with E-state index in [-0.39, 0.29) is 5.97 Å². The van der Waals surface area contributed by atoms with Crippen molar-refractivity contribution in [2.45, 2.75) is 6.92 Å². The number of benzene rings is 2. The second-order valence-corrected chi connectivity index (χ2v) is 4.32. The molecule has 1 aromatic heterocycles. The molecule has 1 heterocycles. The van der Waals surface area contributed by atoms with E-state index in [4.69, 9.17) is 4.74 Å². The van der Waals surface area contributed by atoms with E-state index in [1.165, 1.54) is 12.5 Å². The summed E-state index contributed by atoms with van der Waals surface area (Å²) in [7, 11) is 1.40. The number of fused-ring (bicyclic) bond motifs is 3. The normalized spacial score (nSPS) is 11.0. The Balaban J connectivity index is 2.39. The first kappa shape index (κ1) is 10.8. The fraction of sp³-hybridized carbons (Fsp3) is 0.133. The lowest BCUT2D eigenvalue weighted by Gasteiger charge is -2.04. The number of ether oxygens (including phenoxy) is 1. The summed E-state index contributed by atoms with van der Waals surface area (Å²) in [4.78, 5) is 15.0. The molecule has 0 atom stereocenters. The van der Waals surface area contributed by atoms with Crippen molar-refractivity contribution in [3.8, 4) is 0 Å². The topological polar surface area (TPSA) is 42.1 Å². The minimum atomic E-state index is -0.298. The lowest BCUT2D eigenvalue weighted by atomic mass is 10.0. The van der Waals surface area contributed by atoms with Crippen molar-refractivity contribution in [1.82, 2.24) is 4.98 Å². The zero-order valence-corrected chi connectivity index (χ0v) is 10.3. The molecule has 90 valence electrons. The molecule has 3 heteroatoms. The van der Waals surface area contributed by atoms with Gasteiger partial charge in [0.15, 0.2) is 0 Å². The van der Waals surface area contributed by atoms with Crippen LogP contribution in [0, 0.1) is 6.92 Å². The van der Waals surface area contributed by atoms with Gasteiger partial charge in [0.05, 0.1) is 18.2 Å². The molecule has 0 unspecified atom stereocenters. The third kappa shape index (κ3) is 1.40. The van der Waals surface area contributed by atoms with Crippen LogP contribution in [0.4, 0.5) is 0 Å². The van der Waals surface area contributed by atoms with Crippen molar-refractivity contribution in [3.63, 3.8) is 0 Å². The van der Waals surface area contributed by atoms with Crippen molar-refractivity contribution < 1.29 is 9.53 Å². The van der Waals surface area contributed by atoms with Crippen LogP contribution in [0.5, 0.6) is 0 Å². The van der Waals surface area contributed by atoms with Crippen LogP contribution in [0.15, 0.2) is 36.4 Å². The van der Waals surface area contributed by atoms with Gasteiger partial charge in [-0.15, -0.1) is 0 Å². The first-order chi connectivity index (χ1) is 8.72. The number of carbonyl (C=O) groups excluding carboxylic acids is 1.